The van der Waals surface area contributed by atoms with Crippen molar-refractivity contribution in [3.05, 3.63) is 41.0 Å². The van der Waals surface area contributed by atoms with Gasteiger partial charge in [0, 0.05) is 30.2 Å². The second-order valence-corrected chi connectivity index (χ2v) is 6.52. The summed E-state index contributed by atoms with van der Waals surface area (Å²) in [4.78, 5) is 27.3. The highest BCUT2D eigenvalue weighted by atomic mass is 16.5. The van der Waals surface area contributed by atoms with E-state index < -0.39 is 17.4 Å². The highest BCUT2D eigenvalue weighted by Gasteiger charge is 2.57. The first-order valence-electron chi connectivity index (χ1n) is 8.00. The molecule has 2 aromatic carbocycles. The SMILES string of the molecule is COC(=O)C1(C(=O)OC)CN(C)c2c1cc1c3c(cccc23)CC1. The van der Waals surface area contributed by atoms with Gasteiger partial charge in [-0.1, -0.05) is 24.3 Å². The van der Waals surface area contributed by atoms with Crippen molar-refractivity contribution in [2.75, 3.05) is 32.7 Å². The average Bonchev–Trinajstić information content (AvgIpc) is 3.15. The zero-order valence-corrected chi connectivity index (χ0v) is 14.0. The van der Waals surface area contributed by atoms with Crippen molar-refractivity contribution in [3.63, 3.8) is 0 Å². The molecule has 5 heteroatoms. The first kappa shape index (κ1) is 15.0. The molecule has 0 aromatic heterocycles. The van der Waals surface area contributed by atoms with E-state index in [9.17, 15) is 9.59 Å². The van der Waals surface area contributed by atoms with E-state index in [1.165, 1.54) is 30.7 Å². The first-order chi connectivity index (χ1) is 11.5. The van der Waals surface area contributed by atoms with Gasteiger partial charge in [0.25, 0.3) is 0 Å². The van der Waals surface area contributed by atoms with Gasteiger partial charge in [-0.3, -0.25) is 9.59 Å². The first-order valence-corrected chi connectivity index (χ1v) is 8.00. The number of hydrogen-bond acceptors (Lipinski definition) is 5. The number of nitrogens with zero attached hydrogens (tertiary/aromatic N) is 1. The van der Waals surface area contributed by atoms with Crippen LogP contribution in [0.2, 0.25) is 0 Å². The Balaban J connectivity index is 2.09. The lowest BCUT2D eigenvalue weighted by Gasteiger charge is -2.24. The molecule has 1 heterocycles. The molecule has 1 aliphatic heterocycles. The standard InChI is InChI=1S/C19H19NO4/c1-20-10-19(17(21)23-2,18(22)24-3)14-9-12-8-7-11-5-4-6-13(15(11)12)16(14)20/h4-6,9H,7-8,10H2,1-3H3. The number of carbonyl (C=O) groups is 2. The molecule has 0 unspecified atom stereocenters. The Morgan fingerprint density at radius 3 is 2.42 bits per heavy atom. The Morgan fingerprint density at radius 2 is 1.75 bits per heavy atom. The van der Waals surface area contributed by atoms with Crippen LogP contribution in [-0.2, 0) is 37.3 Å². The maximum Gasteiger partial charge on any atom is 0.329 e. The normalized spacial score (nSPS) is 17.0. The van der Waals surface area contributed by atoms with Gasteiger partial charge in [-0.15, -0.1) is 0 Å². The Hall–Kier alpha value is -2.56. The maximum absolute atomic E-state index is 12.6. The topological polar surface area (TPSA) is 55.8 Å². The number of rotatable bonds is 2. The largest absolute Gasteiger partial charge is 0.468 e. The highest BCUT2D eigenvalue weighted by molar-refractivity contribution is 6.14. The van der Waals surface area contributed by atoms with Crippen molar-refractivity contribution in [1.82, 2.24) is 0 Å². The minimum absolute atomic E-state index is 0.227. The molecule has 0 fully saturated rings. The summed E-state index contributed by atoms with van der Waals surface area (Å²) in [6.45, 7) is 0.227. The number of benzene rings is 2. The summed E-state index contributed by atoms with van der Waals surface area (Å²) in [5.41, 5.74) is 2.72. The number of carbonyl (C=O) groups excluding carboxylic acids is 2. The smallest absolute Gasteiger partial charge is 0.329 e. The van der Waals surface area contributed by atoms with Crippen molar-refractivity contribution < 1.29 is 19.1 Å². The number of hydrogen-bond donors (Lipinski definition) is 0. The fraction of sp³-hybridized carbons (Fsp3) is 0.368. The van der Waals surface area contributed by atoms with Crippen LogP contribution in [0.4, 0.5) is 5.69 Å². The molecule has 0 amide bonds. The van der Waals surface area contributed by atoms with E-state index in [4.69, 9.17) is 9.47 Å². The van der Waals surface area contributed by atoms with Crippen molar-refractivity contribution in [2.45, 2.75) is 18.3 Å². The van der Waals surface area contributed by atoms with Crippen LogP contribution in [0.3, 0.4) is 0 Å². The summed E-state index contributed by atoms with van der Waals surface area (Å²) < 4.78 is 10.00. The van der Waals surface area contributed by atoms with Gasteiger partial charge in [-0.05, 0) is 29.4 Å². The lowest BCUT2D eigenvalue weighted by Crippen LogP contribution is -2.48. The number of likely N-dealkylation sites (N-methyl/N-ethyl adjacent to an activating group) is 1. The van der Waals surface area contributed by atoms with Crippen LogP contribution in [0.25, 0.3) is 10.8 Å². The molecule has 124 valence electrons. The van der Waals surface area contributed by atoms with Crippen LogP contribution in [0.15, 0.2) is 24.3 Å². The third-order valence-electron chi connectivity index (χ3n) is 5.35. The molecule has 4 rings (SSSR count). The van der Waals surface area contributed by atoms with Gasteiger partial charge in [0.05, 0.1) is 14.2 Å². The molecular formula is C19H19NO4. The number of esters is 2. The van der Waals surface area contributed by atoms with Gasteiger partial charge in [-0.25, -0.2) is 0 Å². The summed E-state index contributed by atoms with van der Waals surface area (Å²) in [5.74, 6) is -1.14. The molecular weight excluding hydrogens is 306 g/mol. The van der Waals surface area contributed by atoms with Gasteiger partial charge < -0.3 is 14.4 Å². The maximum atomic E-state index is 12.6. The van der Waals surface area contributed by atoms with Gasteiger partial charge in [-0.2, -0.15) is 0 Å². The lowest BCUT2D eigenvalue weighted by molar-refractivity contribution is -0.161. The zero-order chi connectivity index (χ0) is 17.1. The van der Waals surface area contributed by atoms with E-state index in [1.54, 1.807) is 0 Å². The number of ether oxygens (including phenoxy) is 2. The molecule has 0 spiro atoms. The summed E-state index contributed by atoms with van der Waals surface area (Å²) in [5, 5.41) is 2.35. The van der Waals surface area contributed by atoms with E-state index in [-0.39, 0.29) is 6.54 Å². The minimum Gasteiger partial charge on any atom is -0.468 e. The van der Waals surface area contributed by atoms with E-state index in [0.717, 1.165) is 23.9 Å². The third-order valence-corrected chi connectivity index (χ3v) is 5.35. The molecule has 0 atom stereocenters. The van der Waals surface area contributed by atoms with Crippen LogP contribution < -0.4 is 4.90 Å². The van der Waals surface area contributed by atoms with E-state index in [2.05, 4.69) is 12.1 Å². The molecule has 0 radical (unpaired) electrons. The van der Waals surface area contributed by atoms with Crippen molar-refractivity contribution in [1.29, 1.82) is 0 Å². The van der Waals surface area contributed by atoms with Gasteiger partial charge in [0.15, 0.2) is 0 Å². The van der Waals surface area contributed by atoms with Crippen LogP contribution >= 0.6 is 0 Å². The predicted molar refractivity (Wildman–Crippen MR) is 90.3 cm³/mol. The Bertz CT molecular complexity index is 871. The fourth-order valence-electron chi connectivity index (χ4n) is 4.35. The second kappa shape index (κ2) is 4.97. The second-order valence-electron chi connectivity index (χ2n) is 6.52. The van der Waals surface area contributed by atoms with Crippen molar-refractivity contribution >= 4 is 28.4 Å². The van der Waals surface area contributed by atoms with Gasteiger partial charge in [0.2, 0.25) is 5.41 Å². The number of aryl methyl sites for hydroxylation is 2. The highest BCUT2D eigenvalue weighted by Crippen LogP contribution is 2.48. The van der Waals surface area contributed by atoms with Crippen LogP contribution in [0, 0.1) is 0 Å². The van der Waals surface area contributed by atoms with Crippen LogP contribution in [-0.4, -0.2) is 39.8 Å². The molecule has 0 saturated heterocycles. The summed E-state index contributed by atoms with van der Waals surface area (Å²) >= 11 is 0. The van der Waals surface area contributed by atoms with Crippen molar-refractivity contribution in [2.24, 2.45) is 0 Å². The Kier molecular flexibility index (Phi) is 3.10. The zero-order valence-electron chi connectivity index (χ0n) is 14.0. The summed E-state index contributed by atoms with van der Waals surface area (Å²) in [6, 6.07) is 8.25. The molecule has 2 aromatic rings. The van der Waals surface area contributed by atoms with Crippen LogP contribution in [0.1, 0.15) is 16.7 Å². The Labute approximate surface area is 140 Å². The van der Waals surface area contributed by atoms with Crippen LogP contribution in [0.5, 0.6) is 0 Å². The monoisotopic (exact) mass is 325 g/mol. The number of anilines is 1. The van der Waals surface area contributed by atoms with Crippen molar-refractivity contribution in [3.8, 4) is 0 Å². The fourth-order valence-corrected chi connectivity index (χ4v) is 4.35. The molecule has 2 aliphatic rings. The third kappa shape index (κ3) is 1.64. The molecule has 24 heavy (non-hydrogen) atoms. The quantitative estimate of drug-likeness (QED) is 0.624. The molecule has 0 bridgehead atoms. The van der Waals surface area contributed by atoms with E-state index in [0.29, 0.717) is 5.56 Å². The summed E-state index contributed by atoms with van der Waals surface area (Å²) in [6.07, 6.45) is 1.91. The molecule has 0 N–H and O–H groups in total. The van der Waals surface area contributed by atoms with Gasteiger partial charge >= 0.3 is 11.9 Å². The summed E-state index contributed by atoms with van der Waals surface area (Å²) in [7, 11) is 4.52. The minimum atomic E-state index is -1.42. The molecule has 1 aliphatic carbocycles. The van der Waals surface area contributed by atoms with E-state index in [1.807, 2.05) is 24.1 Å². The van der Waals surface area contributed by atoms with E-state index >= 15 is 0 Å². The average molecular weight is 325 g/mol. The number of fused-ring (bicyclic) bond motifs is 2. The predicted octanol–water partition coefficient (Wildman–Crippen LogP) is 1.97. The van der Waals surface area contributed by atoms with Gasteiger partial charge in [0.1, 0.15) is 0 Å². The molecule has 0 saturated carbocycles. The number of methoxy groups -OCH3 is 2. The molecule has 5 nitrogen and oxygen atoms in total. The Morgan fingerprint density at radius 1 is 1.08 bits per heavy atom. The lowest BCUT2D eigenvalue weighted by atomic mass is 9.80.